The molecule has 562 valence electrons. The summed E-state index contributed by atoms with van der Waals surface area (Å²) in [4.78, 5) is 13.4. The second-order valence-corrected chi connectivity index (χ2v) is 27.8. The summed E-state index contributed by atoms with van der Waals surface area (Å²) in [6.07, 6.45) is 46.0. The van der Waals surface area contributed by atoms with Crippen LogP contribution < -0.4 is 5.32 Å². The van der Waals surface area contributed by atoms with Gasteiger partial charge in [-0.3, -0.25) is 4.79 Å². The van der Waals surface area contributed by atoms with Crippen LogP contribution in [-0.4, -0.2) is 193 Å². The number of hydrogen-bond donors (Lipinski definition) is 12. The highest BCUT2D eigenvalue weighted by Crippen LogP contribution is 2.33. The molecule has 0 aromatic rings. The lowest BCUT2D eigenvalue weighted by atomic mass is 9.96. The van der Waals surface area contributed by atoms with Crippen LogP contribution in [0.4, 0.5) is 0 Å². The summed E-state index contributed by atoms with van der Waals surface area (Å²) in [6, 6.07) is -0.987. The van der Waals surface area contributed by atoms with Gasteiger partial charge in [-0.05, 0) is 64.2 Å². The van der Waals surface area contributed by atoms with E-state index in [-0.39, 0.29) is 18.9 Å². The van der Waals surface area contributed by atoms with E-state index in [9.17, 15) is 61.0 Å². The van der Waals surface area contributed by atoms with Crippen molar-refractivity contribution in [2.75, 3.05) is 26.4 Å². The number of aliphatic hydroxyl groups is 11. The first-order valence-electron chi connectivity index (χ1n) is 38.9. The van der Waals surface area contributed by atoms with Gasteiger partial charge in [0.1, 0.15) is 73.2 Å². The number of carbonyl (C=O) groups is 1. The Kier molecular flexibility index (Phi) is 53.4. The monoisotopic (exact) mass is 1370 g/mol. The fourth-order valence-corrected chi connectivity index (χ4v) is 13.1. The lowest BCUT2D eigenvalue weighted by Crippen LogP contribution is -2.66. The van der Waals surface area contributed by atoms with E-state index in [4.69, 9.17) is 28.4 Å². The summed E-state index contributed by atoms with van der Waals surface area (Å²) < 4.78 is 34.3. The molecule has 0 aromatic heterocycles. The van der Waals surface area contributed by atoms with E-state index >= 15 is 0 Å². The molecule has 3 fully saturated rings. The summed E-state index contributed by atoms with van der Waals surface area (Å²) in [7, 11) is 0. The SMILES string of the molecule is CCCCCC/C=C/CC/C=C/C(O)C(COC1OC(CO)C(OC2OC(CO)C(OC3OC(CO)C(O)C(O)C3O)C(O)C2O)C(O)C1O)NC(=O)CCCCCCCCCCCCCCCCCCCCCCCCCCCCCCC/C=C\C/C=C\CCCCCCC. The highest BCUT2D eigenvalue weighted by atomic mass is 16.8. The highest BCUT2D eigenvalue weighted by Gasteiger charge is 2.53. The third-order valence-electron chi connectivity index (χ3n) is 19.3. The third-order valence-corrected chi connectivity index (χ3v) is 19.3. The quantitative estimate of drug-likeness (QED) is 0.0199. The fraction of sp³-hybridized carbons (Fsp3) is 0.883. The Balaban J connectivity index is 1.24. The zero-order valence-corrected chi connectivity index (χ0v) is 59.9. The number of rotatable bonds is 61. The van der Waals surface area contributed by atoms with E-state index in [0.717, 1.165) is 44.9 Å². The summed E-state index contributed by atoms with van der Waals surface area (Å²) in [6.45, 7) is 1.67. The van der Waals surface area contributed by atoms with E-state index in [1.807, 2.05) is 6.08 Å². The van der Waals surface area contributed by atoms with Crippen molar-refractivity contribution in [2.24, 2.45) is 0 Å². The molecule has 19 nitrogen and oxygen atoms in total. The second kappa shape index (κ2) is 58.3. The van der Waals surface area contributed by atoms with Crippen molar-refractivity contribution in [3.63, 3.8) is 0 Å². The number of hydrogen-bond acceptors (Lipinski definition) is 18. The number of allylic oxidation sites excluding steroid dienone is 7. The van der Waals surface area contributed by atoms with Gasteiger partial charge in [0.25, 0.3) is 0 Å². The molecule has 3 saturated heterocycles. The van der Waals surface area contributed by atoms with Crippen molar-refractivity contribution in [3.05, 3.63) is 48.6 Å². The van der Waals surface area contributed by atoms with Crippen LogP contribution in [0.2, 0.25) is 0 Å². The molecule has 17 atom stereocenters. The molecule has 17 unspecified atom stereocenters. The maximum absolute atomic E-state index is 13.4. The molecular formula is C77H141NO18. The molecule has 12 N–H and O–H groups in total. The Morgan fingerprint density at radius 1 is 0.375 bits per heavy atom. The van der Waals surface area contributed by atoms with Gasteiger partial charge >= 0.3 is 0 Å². The number of nitrogens with one attached hydrogen (secondary N) is 1. The molecule has 1 amide bonds. The molecule has 19 heteroatoms. The number of unbranched alkanes of at least 4 members (excludes halogenated alkanes) is 39. The van der Waals surface area contributed by atoms with Crippen LogP contribution in [0.5, 0.6) is 0 Å². The first kappa shape index (κ1) is 88.0. The van der Waals surface area contributed by atoms with Crippen LogP contribution in [0.15, 0.2) is 48.6 Å². The van der Waals surface area contributed by atoms with Gasteiger partial charge in [-0.2, -0.15) is 0 Å². The van der Waals surface area contributed by atoms with E-state index < -0.39 is 124 Å². The fourth-order valence-electron chi connectivity index (χ4n) is 13.1. The summed E-state index contributed by atoms with van der Waals surface area (Å²) in [5.41, 5.74) is 0. The van der Waals surface area contributed by atoms with Gasteiger partial charge in [0.2, 0.25) is 5.91 Å². The van der Waals surface area contributed by atoms with Gasteiger partial charge in [-0.25, -0.2) is 0 Å². The predicted octanol–water partition coefficient (Wildman–Crippen LogP) is 12.1. The minimum absolute atomic E-state index is 0.238. The van der Waals surface area contributed by atoms with E-state index in [2.05, 4.69) is 55.6 Å². The standard InChI is InChI=1S/C77H141NO18/c1-3-5-7-9-11-13-15-16-17-18-19-20-21-22-23-24-25-26-27-28-29-30-31-32-33-34-35-36-37-38-39-40-41-42-43-44-45-47-49-51-53-55-65(83)78-60(61(82)54-52-50-48-46-14-12-10-8-6-4-2)59-91-75-71(89)68(86)73(63(57-80)93-75)96-77-72(90)69(87)74(64(58-81)94-77)95-76-70(88)67(85)66(84)62(56-79)92-76/h14-16,18-19,46,52,54,60-64,66-77,79-82,84-90H,3-13,17,20-45,47-51,53,55-59H2,1-2H3,(H,78,83)/b16-15-,19-18-,46-14+,54-52+. The zero-order chi connectivity index (χ0) is 69.6. The van der Waals surface area contributed by atoms with Gasteiger partial charge in [0.05, 0.1) is 38.6 Å². The molecule has 3 heterocycles. The van der Waals surface area contributed by atoms with E-state index in [1.165, 1.54) is 225 Å². The number of aliphatic hydroxyl groups excluding tert-OH is 11. The molecule has 3 aliphatic rings. The minimum atomic E-state index is -1.98. The van der Waals surface area contributed by atoms with Gasteiger partial charge in [0.15, 0.2) is 18.9 Å². The topological polar surface area (TPSA) is 307 Å². The number of ether oxygens (including phenoxy) is 6. The number of amides is 1. The first-order chi connectivity index (χ1) is 46.8. The van der Waals surface area contributed by atoms with Gasteiger partial charge in [-0.15, -0.1) is 0 Å². The molecule has 3 rings (SSSR count). The maximum Gasteiger partial charge on any atom is 0.220 e. The largest absolute Gasteiger partial charge is 0.394 e. The van der Waals surface area contributed by atoms with Crippen molar-refractivity contribution in [2.45, 2.75) is 407 Å². The number of carbonyl (C=O) groups excluding carboxylic acids is 1. The zero-order valence-electron chi connectivity index (χ0n) is 59.9. The van der Waals surface area contributed by atoms with Crippen LogP contribution in [-0.2, 0) is 33.2 Å². The molecule has 96 heavy (non-hydrogen) atoms. The van der Waals surface area contributed by atoms with Crippen LogP contribution in [0.1, 0.15) is 303 Å². The van der Waals surface area contributed by atoms with Crippen LogP contribution in [0.3, 0.4) is 0 Å². The molecule has 0 saturated carbocycles. The van der Waals surface area contributed by atoms with Crippen molar-refractivity contribution in [3.8, 4) is 0 Å². The normalized spacial score (nSPS) is 27.3. The molecule has 3 aliphatic heterocycles. The van der Waals surface area contributed by atoms with Crippen molar-refractivity contribution in [1.82, 2.24) is 5.32 Å². The van der Waals surface area contributed by atoms with Gasteiger partial charge in [-0.1, -0.05) is 281 Å². The van der Waals surface area contributed by atoms with Gasteiger partial charge in [0, 0.05) is 6.42 Å². The van der Waals surface area contributed by atoms with Gasteiger partial charge < -0.3 is 89.9 Å². The average molecular weight is 1370 g/mol. The summed E-state index contributed by atoms with van der Waals surface area (Å²) >= 11 is 0. The molecular weight excluding hydrogens is 1230 g/mol. The highest BCUT2D eigenvalue weighted by molar-refractivity contribution is 5.76. The van der Waals surface area contributed by atoms with Crippen molar-refractivity contribution < 1.29 is 89.4 Å². The molecule has 0 aliphatic carbocycles. The van der Waals surface area contributed by atoms with Crippen LogP contribution in [0.25, 0.3) is 0 Å². The van der Waals surface area contributed by atoms with Crippen molar-refractivity contribution >= 4 is 5.91 Å². The Hall–Kier alpha value is -2.25. The Morgan fingerprint density at radius 2 is 0.698 bits per heavy atom. The average Bonchev–Trinajstić information content (AvgIpc) is 0.802. The second-order valence-electron chi connectivity index (χ2n) is 27.8. The molecule has 0 spiro atoms. The predicted molar refractivity (Wildman–Crippen MR) is 379 cm³/mol. The molecule has 0 bridgehead atoms. The lowest BCUT2D eigenvalue weighted by Gasteiger charge is -2.48. The van der Waals surface area contributed by atoms with Crippen LogP contribution >= 0.6 is 0 Å². The smallest absolute Gasteiger partial charge is 0.220 e. The first-order valence-corrected chi connectivity index (χ1v) is 38.9. The molecule has 0 aromatic carbocycles. The summed E-state index contributed by atoms with van der Waals surface area (Å²) in [5, 5.41) is 120. The van der Waals surface area contributed by atoms with Crippen LogP contribution in [0, 0.1) is 0 Å². The Bertz CT molecular complexity index is 1930. The maximum atomic E-state index is 13.4. The Labute approximate surface area is 580 Å². The Morgan fingerprint density at radius 3 is 1.11 bits per heavy atom. The third kappa shape index (κ3) is 38.7. The molecule has 0 radical (unpaired) electrons. The van der Waals surface area contributed by atoms with Crippen molar-refractivity contribution in [1.29, 1.82) is 0 Å². The summed E-state index contributed by atoms with van der Waals surface area (Å²) in [5.74, 6) is -0.283. The minimum Gasteiger partial charge on any atom is -0.394 e. The van der Waals surface area contributed by atoms with E-state index in [1.54, 1.807) is 6.08 Å². The lowest BCUT2D eigenvalue weighted by molar-refractivity contribution is -0.379. The van der Waals surface area contributed by atoms with E-state index in [0.29, 0.717) is 12.8 Å².